The van der Waals surface area contributed by atoms with Crippen molar-refractivity contribution in [3.8, 4) is 5.75 Å². The maximum absolute atomic E-state index is 13.5. The number of ether oxygens (including phenoxy) is 2. The Morgan fingerprint density at radius 3 is 2.62 bits per heavy atom. The lowest BCUT2D eigenvalue weighted by Crippen LogP contribution is -2.25. The summed E-state index contributed by atoms with van der Waals surface area (Å²) in [5.41, 5.74) is 1.94. The normalized spacial score (nSPS) is 12.0. The summed E-state index contributed by atoms with van der Waals surface area (Å²) in [4.78, 5) is 28.3. The Hall–Kier alpha value is -3.15. The van der Waals surface area contributed by atoms with Crippen molar-refractivity contribution in [3.05, 3.63) is 65.1 Å². The Kier molecular flexibility index (Phi) is 4.75. The summed E-state index contributed by atoms with van der Waals surface area (Å²) in [6.07, 6.45) is -1.03. The molecule has 1 heterocycles. The number of hydrogen-bond acceptors (Lipinski definition) is 4. The molecule has 1 N–H and O–H groups in total. The molecule has 2 aromatic carbocycles. The van der Waals surface area contributed by atoms with E-state index in [0.29, 0.717) is 11.3 Å². The maximum atomic E-state index is 13.5. The zero-order valence-corrected chi connectivity index (χ0v) is 14.6. The fourth-order valence-corrected chi connectivity index (χ4v) is 2.91. The van der Waals surface area contributed by atoms with Gasteiger partial charge in [-0.15, -0.1) is 0 Å². The first-order chi connectivity index (χ1) is 12.4. The van der Waals surface area contributed by atoms with Crippen LogP contribution in [0.1, 0.15) is 33.3 Å². The smallest absolute Gasteiger partial charge is 0.342 e. The fourth-order valence-electron chi connectivity index (χ4n) is 2.91. The van der Waals surface area contributed by atoms with E-state index < -0.39 is 17.9 Å². The number of aromatic amines is 1. The molecule has 0 saturated carbocycles. The van der Waals surface area contributed by atoms with Crippen LogP contribution in [-0.4, -0.2) is 30.0 Å². The predicted octanol–water partition coefficient (Wildman–Crippen LogP) is 4.05. The molecule has 134 valence electrons. The zero-order chi connectivity index (χ0) is 18.8. The van der Waals surface area contributed by atoms with E-state index >= 15 is 0 Å². The third-order valence-electron chi connectivity index (χ3n) is 4.17. The SMILES string of the molecule is COc1ccc(F)cc1C(=O)O[C@@H](C)C(=O)c1c(C)[nH]c2ccccc12. The van der Waals surface area contributed by atoms with Gasteiger partial charge in [0, 0.05) is 22.2 Å². The molecule has 0 unspecified atom stereocenters. The number of benzene rings is 2. The van der Waals surface area contributed by atoms with E-state index in [2.05, 4.69) is 4.98 Å². The van der Waals surface area contributed by atoms with Crippen LogP contribution in [0.5, 0.6) is 5.75 Å². The van der Waals surface area contributed by atoms with Gasteiger partial charge in [-0.05, 0) is 38.1 Å². The van der Waals surface area contributed by atoms with Crippen molar-refractivity contribution in [2.45, 2.75) is 20.0 Å². The van der Waals surface area contributed by atoms with Crippen LogP contribution in [0.3, 0.4) is 0 Å². The summed E-state index contributed by atoms with van der Waals surface area (Å²) in [7, 11) is 1.37. The standard InChI is InChI=1S/C20H18FNO4/c1-11-18(14-6-4-5-7-16(14)22-11)19(23)12(2)26-20(24)15-10-13(21)8-9-17(15)25-3/h4-10,12,22H,1-3H3/t12-/m0/s1. The number of H-pyrrole nitrogens is 1. The van der Waals surface area contributed by atoms with Crippen molar-refractivity contribution in [2.24, 2.45) is 0 Å². The number of rotatable bonds is 5. The van der Waals surface area contributed by atoms with E-state index in [-0.39, 0.29) is 17.1 Å². The number of Topliss-reactive ketones (excluding diaryl/α,β-unsaturated/α-hetero) is 1. The summed E-state index contributed by atoms with van der Waals surface area (Å²) < 4.78 is 23.8. The Morgan fingerprint density at radius 2 is 1.88 bits per heavy atom. The second-order valence-electron chi connectivity index (χ2n) is 5.93. The van der Waals surface area contributed by atoms with Crippen LogP contribution in [-0.2, 0) is 4.74 Å². The summed E-state index contributed by atoms with van der Waals surface area (Å²) in [6, 6.07) is 10.9. The summed E-state index contributed by atoms with van der Waals surface area (Å²) >= 11 is 0. The molecule has 3 aromatic rings. The van der Waals surface area contributed by atoms with Gasteiger partial charge < -0.3 is 14.5 Å². The van der Waals surface area contributed by atoms with Gasteiger partial charge in [0.25, 0.3) is 0 Å². The highest BCUT2D eigenvalue weighted by Gasteiger charge is 2.26. The molecule has 3 rings (SSSR count). The number of methoxy groups -OCH3 is 1. The number of esters is 1. The van der Waals surface area contributed by atoms with Crippen LogP contribution in [0.4, 0.5) is 4.39 Å². The number of para-hydroxylation sites is 1. The summed E-state index contributed by atoms with van der Waals surface area (Å²) in [5.74, 6) is -1.56. The molecule has 0 spiro atoms. The summed E-state index contributed by atoms with van der Waals surface area (Å²) in [5, 5.41) is 0.765. The molecule has 0 aliphatic rings. The molecule has 6 heteroatoms. The number of halogens is 1. The number of aromatic nitrogens is 1. The molecule has 0 fully saturated rings. The van der Waals surface area contributed by atoms with Crippen LogP contribution in [0.2, 0.25) is 0 Å². The molecule has 0 aliphatic carbocycles. The monoisotopic (exact) mass is 355 g/mol. The molecule has 0 amide bonds. The molecule has 0 aliphatic heterocycles. The lowest BCUT2D eigenvalue weighted by molar-refractivity contribution is 0.0315. The Labute approximate surface area is 149 Å². The largest absolute Gasteiger partial charge is 0.496 e. The van der Waals surface area contributed by atoms with Crippen molar-refractivity contribution in [3.63, 3.8) is 0 Å². The minimum absolute atomic E-state index is 0.0669. The molecule has 0 saturated heterocycles. The third-order valence-corrected chi connectivity index (χ3v) is 4.17. The number of carbonyl (C=O) groups is 2. The average molecular weight is 355 g/mol. The van der Waals surface area contributed by atoms with Gasteiger partial charge in [0.05, 0.1) is 7.11 Å². The van der Waals surface area contributed by atoms with Crippen LogP contribution in [0.25, 0.3) is 10.9 Å². The predicted molar refractivity (Wildman–Crippen MR) is 95.2 cm³/mol. The van der Waals surface area contributed by atoms with Gasteiger partial charge in [-0.2, -0.15) is 0 Å². The number of aryl methyl sites for hydroxylation is 1. The van der Waals surface area contributed by atoms with E-state index in [1.807, 2.05) is 24.3 Å². The average Bonchev–Trinajstić information content (AvgIpc) is 2.96. The zero-order valence-electron chi connectivity index (χ0n) is 14.6. The molecule has 0 radical (unpaired) electrons. The molecular formula is C20H18FNO4. The van der Waals surface area contributed by atoms with E-state index in [1.54, 1.807) is 6.92 Å². The van der Waals surface area contributed by atoms with Crippen molar-refractivity contribution in [1.29, 1.82) is 0 Å². The lowest BCUT2D eigenvalue weighted by atomic mass is 10.0. The Balaban J connectivity index is 1.87. The van der Waals surface area contributed by atoms with E-state index in [0.717, 1.165) is 17.0 Å². The first-order valence-corrected chi connectivity index (χ1v) is 8.08. The van der Waals surface area contributed by atoms with E-state index in [4.69, 9.17) is 9.47 Å². The lowest BCUT2D eigenvalue weighted by Gasteiger charge is -2.14. The number of nitrogens with one attached hydrogen (secondary N) is 1. The van der Waals surface area contributed by atoms with Crippen LogP contribution >= 0.6 is 0 Å². The van der Waals surface area contributed by atoms with Crippen LogP contribution < -0.4 is 4.74 Å². The number of carbonyl (C=O) groups excluding carboxylic acids is 2. The maximum Gasteiger partial charge on any atom is 0.342 e. The number of hydrogen-bond donors (Lipinski definition) is 1. The quantitative estimate of drug-likeness (QED) is 0.554. The number of fused-ring (bicyclic) bond motifs is 1. The molecule has 1 atom stereocenters. The van der Waals surface area contributed by atoms with E-state index in [1.165, 1.54) is 26.2 Å². The topological polar surface area (TPSA) is 68.4 Å². The highest BCUT2D eigenvalue weighted by Crippen LogP contribution is 2.25. The van der Waals surface area contributed by atoms with Gasteiger partial charge in [-0.3, -0.25) is 4.79 Å². The van der Waals surface area contributed by atoms with Crippen molar-refractivity contribution < 1.29 is 23.5 Å². The van der Waals surface area contributed by atoms with Gasteiger partial charge in [0.2, 0.25) is 5.78 Å². The van der Waals surface area contributed by atoms with Crippen LogP contribution in [0, 0.1) is 12.7 Å². The first kappa shape index (κ1) is 17.7. The van der Waals surface area contributed by atoms with Gasteiger partial charge >= 0.3 is 5.97 Å². The van der Waals surface area contributed by atoms with E-state index in [9.17, 15) is 14.0 Å². The Bertz CT molecular complexity index is 993. The third kappa shape index (κ3) is 3.18. The number of ketones is 1. The summed E-state index contributed by atoms with van der Waals surface area (Å²) in [6.45, 7) is 3.28. The highest BCUT2D eigenvalue weighted by molar-refractivity contribution is 6.11. The molecule has 0 bridgehead atoms. The van der Waals surface area contributed by atoms with Gasteiger partial charge in [0.1, 0.15) is 17.1 Å². The van der Waals surface area contributed by atoms with Crippen LogP contribution in [0.15, 0.2) is 42.5 Å². The molecule has 5 nitrogen and oxygen atoms in total. The van der Waals surface area contributed by atoms with Gasteiger partial charge in [-0.1, -0.05) is 18.2 Å². The second-order valence-corrected chi connectivity index (χ2v) is 5.93. The Morgan fingerprint density at radius 1 is 1.15 bits per heavy atom. The molecule has 1 aromatic heterocycles. The second kappa shape index (κ2) is 7.00. The van der Waals surface area contributed by atoms with Crippen molar-refractivity contribution in [1.82, 2.24) is 4.98 Å². The van der Waals surface area contributed by atoms with Crippen molar-refractivity contribution >= 4 is 22.7 Å². The van der Waals surface area contributed by atoms with Gasteiger partial charge in [0.15, 0.2) is 6.10 Å². The highest BCUT2D eigenvalue weighted by atomic mass is 19.1. The molecule has 26 heavy (non-hydrogen) atoms. The van der Waals surface area contributed by atoms with Gasteiger partial charge in [-0.25, -0.2) is 9.18 Å². The fraction of sp³-hybridized carbons (Fsp3) is 0.200. The minimum Gasteiger partial charge on any atom is -0.496 e. The van der Waals surface area contributed by atoms with Crippen molar-refractivity contribution in [2.75, 3.05) is 7.11 Å². The molecular weight excluding hydrogens is 337 g/mol. The first-order valence-electron chi connectivity index (χ1n) is 8.08. The minimum atomic E-state index is -1.03.